The van der Waals surface area contributed by atoms with Gasteiger partial charge in [-0.2, -0.15) is 5.26 Å². The van der Waals surface area contributed by atoms with Crippen molar-refractivity contribution in [3.8, 4) is 17.6 Å². The van der Waals surface area contributed by atoms with Crippen molar-refractivity contribution in [2.45, 2.75) is 33.3 Å². The molecular weight excluding hydrogens is 296 g/mol. The number of nitriles is 1. The van der Waals surface area contributed by atoms with Gasteiger partial charge in [0, 0.05) is 5.56 Å². The third-order valence-corrected chi connectivity index (χ3v) is 3.53. The summed E-state index contributed by atoms with van der Waals surface area (Å²) in [5.41, 5.74) is 0.779. The molecule has 0 aliphatic carbocycles. The van der Waals surface area contributed by atoms with Crippen LogP contribution in [0.2, 0.25) is 0 Å². The molecule has 0 aromatic heterocycles. The Kier molecular flexibility index (Phi) is 5.22. The predicted molar refractivity (Wildman–Crippen MR) is 84.8 cm³/mol. The molecule has 122 valence electrons. The fraction of sp³-hybridized carbons (Fsp3) is 0.471. The molecule has 0 spiro atoms. The maximum Gasteiger partial charge on any atom is 0.269 e. The second-order valence-corrected chi connectivity index (χ2v) is 5.70. The van der Waals surface area contributed by atoms with Crippen molar-refractivity contribution in [1.29, 1.82) is 5.26 Å². The molecular formula is C17H20N2O4. The van der Waals surface area contributed by atoms with Gasteiger partial charge in [-0.05, 0) is 24.5 Å². The zero-order chi connectivity index (χ0) is 17.0. The van der Waals surface area contributed by atoms with Crippen LogP contribution in [0.3, 0.4) is 0 Å². The summed E-state index contributed by atoms with van der Waals surface area (Å²) in [6.07, 6.45) is 0.805. The number of hydrogen-bond acceptors (Lipinski definition) is 5. The van der Waals surface area contributed by atoms with Crippen LogP contribution in [0.15, 0.2) is 12.1 Å². The molecule has 0 bridgehead atoms. The number of nitrogens with zero attached hydrogens (tertiary/aromatic N) is 2. The molecule has 1 aliphatic heterocycles. The number of ether oxygens (including phenoxy) is 2. The molecule has 0 fully saturated rings. The summed E-state index contributed by atoms with van der Waals surface area (Å²) in [5.74, 6) is 0.505. The first-order valence-corrected chi connectivity index (χ1v) is 7.64. The van der Waals surface area contributed by atoms with Crippen LogP contribution in [0, 0.1) is 17.2 Å². The van der Waals surface area contributed by atoms with Crippen LogP contribution >= 0.6 is 0 Å². The van der Waals surface area contributed by atoms with E-state index in [9.17, 15) is 9.59 Å². The third-order valence-electron chi connectivity index (χ3n) is 3.53. The lowest BCUT2D eigenvalue weighted by Crippen LogP contribution is -2.48. The molecule has 1 aliphatic rings. The smallest absolute Gasteiger partial charge is 0.269 e. The van der Waals surface area contributed by atoms with E-state index in [2.05, 4.69) is 0 Å². The maximum atomic E-state index is 12.6. The second kappa shape index (κ2) is 7.14. The van der Waals surface area contributed by atoms with Crippen molar-refractivity contribution < 1.29 is 19.1 Å². The fourth-order valence-corrected chi connectivity index (χ4v) is 2.42. The molecule has 0 N–H and O–H groups in total. The van der Waals surface area contributed by atoms with Gasteiger partial charge in [0.1, 0.15) is 12.8 Å². The van der Waals surface area contributed by atoms with E-state index in [-0.39, 0.29) is 18.4 Å². The number of benzene rings is 1. The van der Waals surface area contributed by atoms with Gasteiger partial charge in [0.2, 0.25) is 0 Å². The Morgan fingerprint density at radius 1 is 1.48 bits per heavy atom. The summed E-state index contributed by atoms with van der Waals surface area (Å²) >= 11 is 0. The molecule has 0 saturated heterocycles. The Morgan fingerprint density at radius 3 is 2.78 bits per heavy atom. The monoisotopic (exact) mass is 316 g/mol. The highest BCUT2D eigenvalue weighted by molar-refractivity contribution is 6.02. The summed E-state index contributed by atoms with van der Waals surface area (Å²) in [6, 6.07) is 5.13. The van der Waals surface area contributed by atoms with Gasteiger partial charge in [-0.1, -0.05) is 20.8 Å². The van der Waals surface area contributed by atoms with Crippen molar-refractivity contribution in [1.82, 2.24) is 0 Å². The number of carbonyl (C=O) groups excluding carboxylic acids is 2. The Hall–Kier alpha value is -2.55. The lowest BCUT2D eigenvalue weighted by atomic mass is 10.0. The van der Waals surface area contributed by atoms with Crippen molar-refractivity contribution >= 4 is 17.9 Å². The number of amides is 1. The molecule has 0 saturated carbocycles. The van der Waals surface area contributed by atoms with Gasteiger partial charge in [-0.15, -0.1) is 0 Å². The second-order valence-electron chi connectivity index (χ2n) is 5.70. The topological polar surface area (TPSA) is 79.6 Å². The predicted octanol–water partition coefficient (Wildman–Crippen LogP) is 2.56. The standard InChI is InChI=1S/C17H20N2O4/c1-4-7-22-14-9-12(10-20)8-13-16(14)23-15(11(2)3)17(21)19(13)6-5-18/h8-11,15H,4,6-7H2,1-3H3. The van der Waals surface area contributed by atoms with E-state index >= 15 is 0 Å². The zero-order valence-corrected chi connectivity index (χ0v) is 13.5. The first kappa shape index (κ1) is 16.8. The molecule has 1 aromatic carbocycles. The average molecular weight is 316 g/mol. The van der Waals surface area contributed by atoms with Gasteiger partial charge < -0.3 is 9.47 Å². The highest BCUT2D eigenvalue weighted by atomic mass is 16.5. The number of hydrogen-bond donors (Lipinski definition) is 0. The summed E-state index contributed by atoms with van der Waals surface area (Å²) < 4.78 is 11.5. The van der Waals surface area contributed by atoms with E-state index < -0.39 is 6.10 Å². The zero-order valence-electron chi connectivity index (χ0n) is 13.5. The molecule has 1 heterocycles. The molecule has 1 atom stereocenters. The lowest BCUT2D eigenvalue weighted by molar-refractivity contribution is -0.128. The highest BCUT2D eigenvalue weighted by Crippen LogP contribution is 2.43. The van der Waals surface area contributed by atoms with Crippen LogP contribution in [-0.4, -0.2) is 31.4 Å². The molecule has 6 nitrogen and oxygen atoms in total. The highest BCUT2D eigenvalue weighted by Gasteiger charge is 2.38. The maximum absolute atomic E-state index is 12.6. The molecule has 23 heavy (non-hydrogen) atoms. The van der Waals surface area contributed by atoms with Crippen LogP contribution in [-0.2, 0) is 4.79 Å². The first-order valence-electron chi connectivity index (χ1n) is 7.64. The minimum Gasteiger partial charge on any atom is -0.490 e. The Balaban J connectivity index is 2.57. The van der Waals surface area contributed by atoms with Gasteiger partial charge >= 0.3 is 0 Å². The van der Waals surface area contributed by atoms with E-state index in [1.807, 2.05) is 26.8 Å². The summed E-state index contributed by atoms with van der Waals surface area (Å²) in [6.45, 7) is 6.10. The van der Waals surface area contributed by atoms with E-state index in [1.54, 1.807) is 12.1 Å². The van der Waals surface area contributed by atoms with Crippen LogP contribution < -0.4 is 14.4 Å². The molecule has 6 heteroatoms. The van der Waals surface area contributed by atoms with E-state index in [1.165, 1.54) is 4.90 Å². The van der Waals surface area contributed by atoms with Crippen molar-refractivity contribution in [2.24, 2.45) is 5.92 Å². The number of aldehydes is 1. The van der Waals surface area contributed by atoms with Gasteiger partial charge in [0.05, 0.1) is 18.4 Å². The first-order chi connectivity index (χ1) is 11.0. The number of fused-ring (bicyclic) bond motifs is 1. The van der Waals surface area contributed by atoms with Gasteiger partial charge in [0.25, 0.3) is 5.91 Å². The summed E-state index contributed by atoms with van der Waals surface area (Å²) in [5, 5.41) is 9.04. The molecule has 1 unspecified atom stereocenters. The third kappa shape index (κ3) is 3.29. The average Bonchev–Trinajstić information content (AvgIpc) is 2.54. The molecule has 0 radical (unpaired) electrons. The molecule has 1 amide bonds. The fourth-order valence-electron chi connectivity index (χ4n) is 2.42. The van der Waals surface area contributed by atoms with E-state index in [4.69, 9.17) is 14.7 Å². The molecule has 1 aromatic rings. The lowest BCUT2D eigenvalue weighted by Gasteiger charge is -2.35. The van der Waals surface area contributed by atoms with E-state index in [0.717, 1.165) is 6.42 Å². The summed E-state index contributed by atoms with van der Waals surface area (Å²) in [7, 11) is 0. The quantitative estimate of drug-likeness (QED) is 0.595. The van der Waals surface area contributed by atoms with Crippen LogP contribution in [0.25, 0.3) is 0 Å². The van der Waals surface area contributed by atoms with Crippen molar-refractivity contribution in [2.75, 3.05) is 18.1 Å². The van der Waals surface area contributed by atoms with Crippen molar-refractivity contribution in [3.05, 3.63) is 17.7 Å². The van der Waals surface area contributed by atoms with Crippen LogP contribution in [0.5, 0.6) is 11.5 Å². The number of anilines is 1. The van der Waals surface area contributed by atoms with Gasteiger partial charge in [-0.25, -0.2) is 0 Å². The van der Waals surface area contributed by atoms with Gasteiger partial charge in [-0.3, -0.25) is 14.5 Å². The Morgan fingerprint density at radius 2 is 2.22 bits per heavy atom. The van der Waals surface area contributed by atoms with E-state index in [0.29, 0.717) is 35.6 Å². The van der Waals surface area contributed by atoms with Crippen molar-refractivity contribution in [3.63, 3.8) is 0 Å². The Bertz CT molecular complexity index is 649. The largest absolute Gasteiger partial charge is 0.490 e. The SMILES string of the molecule is CCCOc1cc(C=O)cc2c1OC(C(C)C)C(=O)N2CC#N. The van der Waals surface area contributed by atoms with Gasteiger partial charge in [0.15, 0.2) is 17.6 Å². The minimum absolute atomic E-state index is 0.0541. The normalized spacial score (nSPS) is 16.6. The van der Waals surface area contributed by atoms with Crippen LogP contribution in [0.4, 0.5) is 5.69 Å². The Labute approximate surface area is 135 Å². The number of rotatable bonds is 6. The molecule has 2 rings (SSSR count). The van der Waals surface area contributed by atoms with Crippen LogP contribution in [0.1, 0.15) is 37.6 Å². The summed E-state index contributed by atoms with van der Waals surface area (Å²) in [4.78, 5) is 25.1. The minimum atomic E-state index is -0.679. The number of carbonyl (C=O) groups is 2.